The normalized spacial score (nSPS) is 13.3. The highest BCUT2D eigenvalue weighted by molar-refractivity contribution is 5.31. The molecular weight excluding hydrogens is 236 g/mol. The van der Waals surface area contributed by atoms with Crippen LogP contribution < -0.4 is 15.8 Å². The Kier molecular flexibility index (Phi) is 6.32. The second-order valence-electron chi connectivity index (χ2n) is 5.75. The van der Waals surface area contributed by atoms with E-state index in [9.17, 15) is 0 Å². The van der Waals surface area contributed by atoms with Gasteiger partial charge in [-0.3, -0.25) is 0 Å². The first kappa shape index (κ1) is 16.0. The predicted octanol–water partition coefficient (Wildman–Crippen LogP) is 2.55. The second-order valence-corrected chi connectivity index (χ2v) is 5.75. The number of methoxy groups -OCH3 is 1. The van der Waals surface area contributed by atoms with Crippen LogP contribution in [0.4, 0.5) is 0 Å². The van der Waals surface area contributed by atoms with E-state index in [0.29, 0.717) is 5.92 Å². The van der Waals surface area contributed by atoms with Gasteiger partial charge in [-0.1, -0.05) is 39.3 Å². The van der Waals surface area contributed by atoms with E-state index >= 15 is 0 Å². The lowest BCUT2D eigenvalue weighted by Crippen LogP contribution is -2.37. The third-order valence-electron chi connectivity index (χ3n) is 3.78. The molecule has 0 aliphatic carbocycles. The average Bonchev–Trinajstić information content (AvgIpc) is 2.43. The third-order valence-corrected chi connectivity index (χ3v) is 3.78. The van der Waals surface area contributed by atoms with Crippen LogP contribution in [0.5, 0.6) is 5.75 Å². The average molecular weight is 264 g/mol. The van der Waals surface area contributed by atoms with Gasteiger partial charge in [0, 0.05) is 12.0 Å². The molecule has 0 saturated heterocycles. The van der Waals surface area contributed by atoms with Gasteiger partial charge in [0.15, 0.2) is 0 Å². The zero-order valence-electron chi connectivity index (χ0n) is 12.7. The fraction of sp³-hybridized carbons (Fsp3) is 0.625. The molecule has 1 aromatic rings. The molecule has 1 rings (SSSR count). The summed E-state index contributed by atoms with van der Waals surface area (Å²) < 4.78 is 5.19. The fourth-order valence-corrected chi connectivity index (χ4v) is 2.13. The topological polar surface area (TPSA) is 47.3 Å². The van der Waals surface area contributed by atoms with Crippen LogP contribution in [0.3, 0.4) is 0 Å². The zero-order valence-corrected chi connectivity index (χ0v) is 12.7. The quantitative estimate of drug-likeness (QED) is 0.758. The van der Waals surface area contributed by atoms with Crippen LogP contribution in [-0.4, -0.2) is 26.7 Å². The summed E-state index contributed by atoms with van der Waals surface area (Å²) in [7, 11) is 1.69. The smallest absolute Gasteiger partial charge is 0.118 e. The zero-order chi connectivity index (χ0) is 14.3. The number of rotatable bonds is 8. The first-order chi connectivity index (χ1) is 9.03. The number of benzene rings is 1. The van der Waals surface area contributed by atoms with E-state index < -0.39 is 0 Å². The fourth-order valence-electron chi connectivity index (χ4n) is 2.13. The van der Waals surface area contributed by atoms with Crippen LogP contribution in [0.25, 0.3) is 0 Å². The molecule has 19 heavy (non-hydrogen) atoms. The van der Waals surface area contributed by atoms with Crippen molar-refractivity contribution < 1.29 is 4.74 Å². The van der Waals surface area contributed by atoms with Crippen molar-refractivity contribution in [1.29, 1.82) is 0 Å². The van der Waals surface area contributed by atoms with Gasteiger partial charge in [-0.05, 0) is 36.7 Å². The first-order valence-electron chi connectivity index (χ1n) is 7.08. The van der Waals surface area contributed by atoms with Crippen molar-refractivity contribution in [2.24, 2.45) is 11.7 Å². The van der Waals surface area contributed by atoms with Gasteiger partial charge >= 0.3 is 0 Å². The number of hydrogen-bond donors (Lipinski definition) is 2. The molecule has 108 valence electrons. The molecule has 3 N–H and O–H groups in total. The number of nitrogens with two attached hydrogens (primary N) is 1. The molecule has 3 heteroatoms. The van der Waals surface area contributed by atoms with Crippen LogP contribution in [-0.2, 0) is 5.41 Å². The van der Waals surface area contributed by atoms with Crippen molar-refractivity contribution in [2.75, 3.05) is 26.7 Å². The Morgan fingerprint density at radius 1 is 1.26 bits per heavy atom. The largest absolute Gasteiger partial charge is 0.497 e. The molecule has 0 bridgehead atoms. The molecule has 0 saturated carbocycles. The number of ether oxygens (including phenoxy) is 1. The lowest BCUT2D eigenvalue weighted by molar-refractivity contribution is 0.408. The van der Waals surface area contributed by atoms with E-state index in [0.717, 1.165) is 31.8 Å². The highest BCUT2D eigenvalue weighted by atomic mass is 16.5. The summed E-state index contributed by atoms with van der Waals surface area (Å²) in [5.74, 6) is 1.48. The Morgan fingerprint density at radius 3 is 2.37 bits per heavy atom. The number of hydrogen-bond acceptors (Lipinski definition) is 3. The molecule has 0 aliphatic rings. The predicted molar refractivity (Wildman–Crippen MR) is 81.7 cm³/mol. The van der Waals surface area contributed by atoms with E-state index in [4.69, 9.17) is 10.5 Å². The lowest BCUT2D eigenvalue weighted by Gasteiger charge is -2.27. The van der Waals surface area contributed by atoms with Gasteiger partial charge in [-0.2, -0.15) is 0 Å². The second kappa shape index (κ2) is 7.51. The van der Waals surface area contributed by atoms with Crippen molar-refractivity contribution in [3.05, 3.63) is 29.8 Å². The SMILES string of the molecule is CCC(CN)CNCC(C)(C)c1ccc(OC)cc1. The van der Waals surface area contributed by atoms with Crippen molar-refractivity contribution in [3.63, 3.8) is 0 Å². The van der Waals surface area contributed by atoms with Crippen LogP contribution in [0.2, 0.25) is 0 Å². The molecule has 0 amide bonds. The molecule has 0 fully saturated rings. The van der Waals surface area contributed by atoms with E-state index in [-0.39, 0.29) is 5.41 Å². The molecule has 1 unspecified atom stereocenters. The standard InChI is InChI=1S/C16H28N2O/c1-5-13(10-17)11-18-12-16(2,3)14-6-8-15(19-4)9-7-14/h6-9,13,18H,5,10-12,17H2,1-4H3. The summed E-state index contributed by atoms with van der Waals surface area (Å²) in [6.45, 7) is 9.40. The Hall–Kier alpha value is -1.06. The van der Waals surface area contributed by atoms with Gasteiger partial charge in [-0.15, -0.1) is 0 Å². The Labute approximate surface area is 117 Å². The maximum atomic E-state index is 5.72. The highest BCUT2D eigenvalue weighted by Gasteiger charge is 2.20. The molecule has 0 aromatic heterocycles. The van der Waals surface area contributed by atoms with Gasteiger partial charge in [-0.25, -0.2) is 0 Å². The van der Waals surface area contributed by atoms with Crippen LogP contribution in [0, 0.1) is 5.92 Å². The minimum Gasteiger partial charge on any atom is -0.497 e. The third kappa shape index (κ3) is 4.84. The minimum absolute atomic E-state index is 0.110. The van der Waals surface area contributed by atoms with Gasteiger partial charge in [0.05, 0.1) is 7.11 Å². The van der Waals surface area contributed by atoms with Gasteiger partial charge in [0.25, 0.3) is 0 Å². The van der Waals surface area contributed by atoms with Crippen molar-refractivity contribution in [3.8, 4) is 5.75 Å². The Bertz CT molecular complexity index is 356. The minimum atomic E-state index is 0.110. The van der Waals surface area contributed by atoms with Gasteiger partial charge < -0.3 is 15.8 Å². The van der Waals surface area contributed by atoms with Crippen molar-refractivity contribution in [2.45, 2.75) is 32.6 Å². The molecule has 1 atom stereocenters. The summed E-state index contributed by atoms with van der Waals surface area (Å²) in [4.78, 5) is 0. The molecule has 0 aliphatic heterocycles. The molecule has 0 heterocycles. The summed E-state index contributed by atoms with van der Waals surface area (Å²) in [6.07, 6.45) is 1.13. The van der Waals surface area contributed by atoms with Crippen molar-refractivity contribution in [1.82, 2.24) is 5.32 Å². The molecular formula is C16H28N2O. The van der Waals surface area contributed by atoms with E-state index in [1.807, 2.05) is 12.1 Å². The van der Waals surface area contributed by atoms with E-state index in [2.05, 4.69) is 38.2 Å². The first-order valence-corrected chi connectivity index (χ1v) is 7.08. The molecule has 1 aromatic carbocycles. The van der Waals surface area contributed by atoms with Crippen molar-refractivity contribution >= 4 is 0 Å². The Morgan fingerprint density at radius 2 is 1.89 bits per heavy atom. The van der Waals surface area contributed by atoms with Gasteiger partial charge in [0.1, 0.15) is 5.75 Å². The monoisotopic (exact) mass is 264 g/mol. The highest BCUT2D eigenvalue weighted by Crippen LogP contribution is 2.24. The van der Waals surface area contributed by atoms with E-state index in [1.54, 1.807) is 7.11 Å². The molecule has 0 radical (unpaired) electrons. The summed E-state index contributed by atoms with van der Waals surface area (Å²) >= 11 is 0. The van der Waals surface area contributed by atoms with Crippen LogP contribution in [0.1, 0.15) is 32.8 Å². The summed E-state index contributed by atoms with van der Waals surface area (Å²) in [6, 6.07) is 8.32. The lowest BCUT2D eigenvalue weighted by atomic mass is 9.84. The summed E-state index contributed by atoms with van der Waals surface area (Å²) in [5.41, 5.74) is 7.15. The van der Waals surface area contributed by atoms with Crippen LogP contribution in [0.15, 0.2) is 24.3 Å². The van der Waals surface area contributed by atoms with Crippen LogP contribution >= 0.6 is 0 Å². The molecule has 3 nitrogen and oxygen atoms in total. The number of nitrogens with one attached hydrogen (secondary N) is 1. The maximum absolute atomic E-state index is 5.72. The summed E-state index contributed by atoms with van der Waals surface area (Å²) in [5, 5.41) is 3.54. The maximum Gasteiger partial charge on any atom is 0.118 e. The molecule has 0 spiro atoms. The Balaban J connectivity index is 2.54. The van der Waals surface area contributed by atoms with Gasteiger partial charge in [0.2, 0.25) is 0 Å². The van der Waals surface area contributed by atoms with E-state index in [1.165, 1.54) is 5.56 Å².